The van der Waals surface area contributed by atoms with Gasteiger partial charge in [-0.3, -0.25) is 5.32 Å². The molecule has 178 valence electrons. The number of hydrogen-bond acceptors (Lipinski definition) is 6. The van der Waals surface area contributed by atoms with E-state index < -0.39 is 12.6 Å². The Morgan fingerprint density at radius 2 is 1.85 bits per heavy atom. The van der Waals surface area contributed by atoms with Crippen LogP contribution in [0.4, 0.5) is 14.9 Å². The second kappa shape index (κ2) is 8.65. The number of halogens is 1. The highest BCUT2D eigenvalue weighted by molar-refractivity contribution is 7.17. The van der Waals surface area contributed by atoms with Crippen LogP contribution in [0.5, 0.6) is 0 Å². The fraction of sp³-hybridized carbons (Fsp3) is 0.360. The van der Waals surface area contributed by atoms with Crippen molar-refractivity contribution in [1.82, 2.24) is 0 Å². The zero-order valence-electron chi connectivity index (χ0n) is 18.8. The number of nitrogens with zero attached hydrogens (tertiary/aromatic N) is 1. The Bertz CT molecular complexity index is 1230. The summed E-state index contributed by atoms with van der Waals surface area (Å²) < 4.78 is 27.8. The third-order valence-electron chi connectivity index (χ3n) is 7.30. The molecule has 5 atom stereocenters. The van der Waals surface area contributed by atoms with Crippen LogP contribution < -0.4 is 10.4 Å². The lowest BCUT2D eigenvalue weighted by molar-refractivity contribution is -0.938. The number of epoxide rings is 1. The van der Waals surface area contributed by atoms with Crippen LogP contribution in [0.1, 0.15) is 12.8 Å². The van der Waals surface area contributed by atoms with Crippen molar-refractivity contribution in [2.24, 2.45) is 0 Å². The van der Waals surface area contributed by atoms with Gasteiger partial charge in [0.25, 0.3) is 0 Å². The van der Waals surface area contributed by atoms with Gasteiger partial charge in [0, 0.05) is 40.5 Å². The van der Waals surface area contributed by atoms with Crippen molar-refractivity contribution in [2.45, 2.75) is 43.2 Å². The van der Waals surface area contributed by atoms with E-state index in [2.05, 4.69) is 19.4 Å². The smallest absolute Gasteiger partial charge is 0.411 e. The summed E-state index contributed by atoms with van der Waals surface area (Å²) in [5.41, 5.74) is 2.11. The molecule has 4 heterocycles. The molecule has 2 bridgehead atoms. The number of thiophene rings is 1. The number of nitrogens with one attached hydrogen (secondary N) is 1. The van der Waals surface area contributed by atoms with E-state index >= 15 is 0 Å². The predicted molar refractivity (Wildman–Crippen MR) is 125 cm³/mol. The van der Waals surface area contributed by atoms with Crippen LogP contribution in [-0.2, 0) is 14.3 Å². The van der Waals surface area contributed by atoms with Gasteiger partial charge in [0.1, 0.15) is 36.2 Å². The molecule has 2 aromatic carbocycles. The molecule has 1 aromatic heterocycles. The minimum atomic E-state index is -0.500. The van der Waals surface area contributed by atoms with E-state index in [9.17, 15) is 9.18 Å². The highest BCUT2D eigenvalue weighted by Crippen LogP contribution is 2.51. The van der Waals surface area contributed by atoms with E-state index in [1.807, 2.05) is 29.6 Å². The monoisotopic (exact) mass is 484 g/mol. The van der Waals surface area contributed by atoms with E-state index in [0.29, 0.717) is 35.5 Å². The zero-order chi connectivity index (χ0) is 24.0. The first-order chi connectivity index (χ1) is 16.3. The van der Waals surface area contributed by atoms with Gasteiger partial charge < -0.3 is 23.9 Å². The number of likely N-dealkylation sites (N-methyl/N-ethyl adjacent to an activating group) is 1. The average molecular weight is 485 g/mol. The van der Waals surface area contributed by atoms with Crippen LogP contribution >= 0.6 is 11.3 Å². The van der Waals surface area contributed by atoms with Crippen LogP contribution in [0.25, 0.3) is 21.2 Å². The van der Waals surface area contributed by atoms with Crippen LogP contribution in [0, 0.1) is 5.82 Å². The van der Waals surface area contributed by atoms with E-state index in [1.165, 1.54) is 12.1 Å². The summed E-state index contributed by atoms with van der Waals surface area (Å²) in [6.07, 6.45) is 1.63. The summed E-state index contributed by atoms with van der Waals surface area (Å²) in [5.74, 6) is -0.340. The van der Waals surface area contributed by atoms with Crippen LogP contribution in [0.3, 0.4) is 0 Å². The molecule has 1 amide bonds. The standard InChI is InChI=1S/C24H23FN2O3S.CH2O2/c1-27(2)19-10-14(11-20(27)23-22(19)30-23)29-24(28)26-18-8-7-13(25)9-16(18)17-12-31-21-6-4-3-5-15(17)21;2-1-3/h3-9,12,14,19-20,22-23H,10-11H2,1-2H3;1H,(H,2,3)/t14-,19-,20+,22-,23+;. The summed E-state index contributed by atoms with van der Waals surface area (Å²) in [4.78, 5) is 21.0. The number of morpholine rings is 1. The zero-order valence-corrected chi connectivity index (χ0v) is 19.6. The molecule has 6 rings (SSSR count). The number of ether oxygens (including phenoxy) is 2. The Kier molecular flexibility index (Phi) is 5.79. The SMILES string of the molecule is C[N+]1(C)[C@@H]2C[C@@H](OC(=O)Nc3ccc(F)cc3-c3csc4ccccc34)C[C@H]1[C@@H]1O[C@@H]12.O=C[O-]. The molecule has 3 aliphatic rings. The Hall–Kier alpha value is -3.01. The number of carbonyl (C=O) groups is 2. The van der Waals surface area contributed by atoms with E-state index in [0.717, 1.165) is 33.0 Å². The molecule has 0 saturated carbocycles. The van der Waals surface area contributed by atoms with Gasteiger partial charge in [0.05, 0.1) is 19.8 Å². The maximum atomic E-state index is 14.1. The van der Waals surface area contributed by atoms with Crippen LogP contribution in [0.2, 0.25) is 0 Å². The molecule has 3 aromatic rings. The number of amides is 1. The minimum Gasteiger partial charge on any atom is -0.554 e. The number of rotatable bonds is 3. The number of piperidine rings is 1. The Morgan fingerprint density at radius 1 is 1.18 bits per heavy atom. The third-order valence-corrected chi connectivity index (χ3v) is 8.26. The largest absolute Gasteiger partial charge is 0.554 e. The first-order valence-corrected chi connectivity index (χ1v) is 12.0. The van der Waals surface area contributed by atoms with Gasteiger partial charge in [-0.05, 0) is 29.6 Å². The molecule has 0 aliphatic carbocycles. The lowest BCUT2D eigenvalue weighted by Gasteiger charge is -2.45. The van der Waals surface area contributed by atoms with Crippen LogP contribution in [-0.4, -0.2) is 61.5 Å². The van der Waals surface area contributed by atoms with Crippen molar-refractivity contribution in [3.63, 3.8) is 0 Å². The van der Waals surface area contributed by atoms with Gasteiger partial charge in [0.15, 0.2) is 0 Å². The number of anilines is 1. The lowest BCUT2D eigenvalue weighted by Crippen LogP contribution is -2.60. The number of fused-ring (bicyclic) bond motifs is 6. The Morgan fingerprint density at radius 3 is 2.56 bits per heavy atom. The average Bonchev–Trinajstić information content (AvgIpc) is 3.44. The fourth-order valence-corrected chi connectivity index (χ4v) is 6.59. The second-order valence-corrected chi connectivity index (χ2v) is 10.3. The maximum absolute atomic E-state index is 14.1. The molecule has 3 fully saturated rings. The van der Waals surface area contributed by atoms with Gasteiger partial charge in [-0.25, -0.2) is 9.18 Å². The Labute approximate surface area is 200 Å². The van der Waals surface area contributed by atoms with Crippen molar-refractivity contribution in [2.75, 3.05) is 19.4 Å². The summed E-state index contributed by atoms with van der Waals surface area (Å²) in [7, 11) is 4.49. The lowest BCUT2D eigenvalue weighted by atomic mass is 9.96. The summed E-state index contributed by atoms with van der Waals surface area (Å²) in [6, 6.07) is 13.2. The number of quaternary nitrogens is 1. The van der Waals surface area contributed by atoms with Gasteiger partial charge in [0.2, 0.25) is 0 Å². The predicted octanol–water partition coefficient (Wildman–Crippen LogP) is 3.38. The molecule has 9 heteroatoms. The first kappa shape index (κ1) is 22.8. The highest BCUT2D eigenvalue weighted by atomic mass is 32.1. The maximum Gasteiger partial charge on any atom is 0.411 e. The van der Waals surface area contributed by atoms with Gasteiger partial charge in [-0.15, -0.1) is 11.3 Å². The molecule has 7 nitrogen and oxygen atoms in total. The summed E-state index contributed by atoms with van der Waals surface area (Å²) >= 11 is 1.60. The number of hydrogen-bond donors (Lipinski definition) is 1. The topological polar surface area (TPSA) is 91.0 Å². The molecular formula is C25H25FN2O5S. The Balaban J connectivity index is 0.000000764. The minimum absolute atomic E-state index is 0.122. The second-order valence-electron chi connectivity index (χ2n) is 9.38. The number of carboxylic acid groups (broad SMARTS) is 1. The molecule has 0 radical (unpaired) electrons. The van der Waals surface area contributed by atoms with Crippen molar-refractivity contribution < 1.29 is 33.0 Å². The molecule has 3 aliphatic heterocycles. The molecule has 0 spiro atoms. The number of carbonyl (C=O) groups excluding carboxylic acids is 2. The fourth-order valence-electron chi connectivity index (χ4n) is 5.63. The number of benzene rings is 2. The molecule has 0 unspecified atom stereocenters. The molecule has 3 saturated heterocycles. The van der Waals surface area contributed by atoms with Gasteiger partial charge in [-0.1, -0.05) is 18.2 Å². The van der Waals surface area contributed by atoms with Crippen molar-refractivity contribution >= 4 is 39.7 Å². The summed E-state index contributed by atoms with van der Waals surface area (Å²) in [5, 5.41) is 14.2. The normalized spacial score (nSPS) is 27.8. The molecular weight excluding hydrogens is 459 g/mol. The van der Waals surface area contributed by atoms with Gasteiger partial charge >= 0.3 is 6.09 Å². The van der Waals surface area contributed by atoms with Gasteiger partial charge in [-0.2, -0.15) is 0 Å². The quantitative estimate of drug-likeness (QED) is 0.350. The first-order valence-electron chi connectivity index (χ1n) is 11.1. The summed E-state index contributed by atoms with van der Waals surface area (Å²) in [6.45, 7) is -0.500. The third kappa shape index (κ3) is 3.93. The molecule has 1 N–H and O–H groups in total. The van der Waals surface area contributed by atoms with Crippen molar-refractivity contribution in [3.05, 3.63) is 53.7 Å². The molecule has 34 heavy (non-hydrogen) atoms. The van der Waals surface area contributed by atoms with Crippen LogP contribution in [0.15, 0.2) is 47.8 Å². The highest BCUT2D eigenvalue weighted by Gasteiger charge is 2.70. The van der Waals surface area contributed by atoms with Crippen molar-refractivity contribution in [1.29, 1.82) is 0 Å². The van der Waals surface area contributed by atoms with E-state index in [4.69, 9.17) is 19.4 Å². The van der Waals surface area contributed by atoms with Crippen molar-refractivity contribution in [3.8, 4) is 11.1 Å². The van der Waals surface area contributed by atoms with E-state index in [-0.39, 0.29) is 11.9 Å². The van der Waals surface area contributed by atoms with E-state index in [1.54, 1.807) is 17.4 Å².